The molecule has 3 nitrogen and oxygen atoms in total. The maximum Gasteiger partial charge on any atom is 0.0603 e. The normalized spacial score (nSPS) is 29.4. The molecule has 1 aliphatic heterocycles. The maximum atomic E-state index is 9.59. The average molecular weight is 214 g/mol. The second-order valence-corrected chi connectivity index (χ2v) is 5.57. The van der Waals surface area contributed by atoms with Crippen molar-refractivity contribution in [2.45, 2.75) is 57.7 Å². The smallest absolute Gasteiger partial charge is 0.0603 e. The van der Waals surface area contributed by atoms with E-state index in [2.05, 4.69) is 24.2 Å². The van der Waals surface area contributed by atoms with Gasteiger partial charge in [0.05, 0.1) is 5.60 Å². The van der Waals surface area contributed by atoms with E-state index in [1.54, 1.807) is 0 Å². The molecule has 1 heterocycles. The Labute approximate surface area is 93.9 Å². The molecule has 2 atom stereocenters. The van der Waals surface area contributed by atoms with Crippen LogP contribution in [0.4, 0.5) is 0 Å². The Morgan fingerprint density at radius 2 is 2.13 bits per heavy atom. The third-order valence-electron chi connectivity index (χ3n) is 3.38. The van der Waals surface area contributed by atoms with Crippen LogP contribution in [0.2, 0.25) is 0 Å². The minimum Gasteiger partial charge on any atom is -0.390 e. The first-order valence-corrected chi connectivity index (χ1v) is 6.04. The van der Waals surface area contributed by atoms with Crippen LogP contribution in [0.15, 0.2) is 0 Å². The Kier molecular flexibility index (Phi) is 4.56. The molecule has 0 saturated carbocycles. The zero-order chi connectivity index (χ0) is 11.5. The first-order valence-electron chi connectivity index (χ1n) is 6.04. The van der Waals surface area contributed by atoms with Gasteiger partial charge in [-0.05, 0) is 60.2 Å². The molecule has 2 unspecified atom stereocenters. The monoisotopic (exact) mass is 214 g/mol. The van der Waals surface area contributed by atoms with Crippen LogP contribution in [0.25, 0.3) is 0 Å². The summed E-state index contributed by atoms with van der Waals surface area (Å²) in [6.07, 6.45) is 3.28. The molecule has 0 radical (unpaired) electrons. The number of nitrogens with zero attached hydrogens (tertiary/aromatic N) is 1. The molecule has 0 spiro atoms. The third-order valence-corrected chi connectivity index (χ3v) is 3.38. The lowest BCUT2D eigenvalue weighted by Gasteiger charge is -2.35. The Hall–Kier alpha value is -0.120. The van der Waals surface area contributed by atoms with E-state index in [9.17, 15) is 5.11 Å². The summed E-state index contributed by atoms with van der Waals surface area (Å²) in [5.74, 6) is 0. The van der Waals surface area contributed by atoms with Crippen molar-refractivity contribution >= 4 is 0 Å². The van der Waals surface area contributed by atoms with Gasteiger partial charge in [0.1, 0.15) is 0 Å². The molecular formula is C12H26N2O. The van der Waals surface area contributed by atoms with E-state index >= 15 is 0 Å². The number of likely N-dealkylation sites (tertiary alicyclic amines) is 1. The lowest BCUT2D eigenvalue weighted by Crippen LogP contribution is -2.46. The zero-order valence-corrected chi connectivity index (χ0v) is 10.6. The molecule has 0 aromatic heterocycles. The second kappa shape index (κ2) is 5.28. The van der Waals surface area contributed by atoms with Gasteiger partial charge in [-0.1, -0.05) is 0 Å². The second-order valence-electron chi connectivity index (χ2n) is 5.57. The van der Waals surface area contributed by atoms with E-state index in [0.29, 0.717) is 12.1 Å². The number of nitrogens with one attached hydrogen (secondary N) is 1. The fourth-order valence-corrected chi connectivity index (χ4v) is 2.06. The number of aliphatic hydroxyl groups is 1. The fraction of sp³-hybridized carbons (Fsp3) is 1.00. The van der Waals surface area contributed by atoms with E-state index in [4.69, 9.17) is 0 Å². The van der Waals surface area contributed by atoms with Crippen LogP contribution in [-0.4, -0.2) is 47.8 Å². The first kappa shape index (κ1) is 12.9. The number of hydrogen-bond donors (Lipinski definition) is 2. The van der Waals surface area contributed by atoms with Crippen LogP contribution in [0, 0.1) is 0 Å². The summed E-state index contributed by atoms with van der Waals surface area (Å²) in [7, 11) is 2.19. The molecular weight excluding hydrogens is 188 g/mol. The summed E-state index contributed by atoms with van der Waals surface area (Å²) in [6.45, 7) is 8.12. The van der Waals surface area contributed by atoms with Crippen molar-refractivity contribution in [1.82, 2.24) is 10.2 Å². The summed E-state index contributed by atoms with van der Waals surface area (Å²) in [4.78, 5) is 2.41. The first-order chi connectivity index (χ1) is 6.88. The predicted octanol–water partition coefficient (Wildman–Crippen LogP) is 1.22. The predicted molar refractivity (Wildman–Crippen MR) is 64.0 cm³/mol. The lowest BCUT2D eigenvalue weighted by molar-refractivity contribution is 0.0685. The molecule has 0 amide bonds. The summed E-state index contributed by atoms with van der Waals surface area (Å²) in [5.41, 5.74) is -0.538. The van der Waals surface area contributed by atoms with Gasteiger partial charge in [0.25, 0.3) is 0 Å². The van der Waals surface area contributed by atoms with Crippen molar-refractivity contribution in [3.63, 3.8) is 0 Å². The van der Waals surface area contributed by atoms with Gasteiger partial charge in [-0.3, -0.25) is 0 Å². The van der Waals surface area contributed by atoms with Crippen molar-refractivity contribution in [3.8, 4) is 0 Å². The highest BCUT2D eigenvalue weighted by Gasteiger charge is 2.22. The number of piperidine rings is 1. The Morgan fingerprint density at radius 3 is 2.67 bits per heavy atom. The molecule has 1 fully saturated rings. The summed E-state index contributed by atoms with van der Waals surface area (Å²) in [5, 5.41) is 13.1. The van der Waals surface area contributed by atoms with Gasteiger partial charge in [-0.2, -0.15) is 0 Å². The molecule has 1 aliphatic rings. The molecule has 0 bridgehead atoms. The highest BCUT2D eigenvalue weighted by Crippen LogP contribution is 2.15. The number of rotatable bonds is 4. The van der Waals surface area contributed by atoms with Gasteiger partial charge in [0.2, 0.25) is 0 Å². The molecule has 15 heavy (non-hydrogen) atoms. The minimum absolute atomic E-state index is 0.538. The molecule has 2 N–H and O–H groups in total. The van der Waals surface area contributed by atoms with E-state index in [0.717, 1.165) is 13.0 Å². The Morgan fingerprint density at radius 1 is 1.47 bits per heavy atom. The minimum atomic E-state index is -0.538. The Bertz CT molecular complexity index is 189. The fourth-order valence-electron chi connectivity index (χ4n) is 2.06. The van der Waals surface area contributed by atoms with Crippen molar-refractivity contribution in [2.75, 3.05) is 20.1 Å². The van der Waals surface area contributed by atoms with E-state index in [1.165, 1.54) is 19.4 Å². The molecule has 0 aromatic carbocycles. The summed E-state index contributed by atoms with van der Waals surface area (Å²) >= 11 is 0. The average Bonchev–Trinajstić information content (AvgIpc) is 2.09. The summed E-state index contributed by atoms with van der Waals surface area (Å²) < 4.78 is 0. The topological polar surface area (TPSA) is 35.5 Å². The highest BCUT2D eigenvalue weighted by atomic mass is 16.3. The maximum absolute atomic E-state index is 9.59. The van der Waals surface area contributed by atoms with Crippen molar-refractivity contribution in [1.29, 1.82) is 0 Å². The number of hydrogen-bond acceptors (Lipinski definition) is 3. The molecule has 1 saturated heterocycles. The van der Waals surface area contributed by atoms with Crippen molar-refractivity contribution < 1.29 is 5.11 Å². The SMILES string of the molecule is CC1CC(NCCC(C)(C)O)CCN1C. The molecule has 1 rings (SSSR count). The molecule has 0 aliphatic carbocycles. The van der Waals surface area contributed by atoms with E-state index < -0.39 is 5.60 Å². The lowest BCUT2D eigenvalue weighted by atomic mass is 9.98. The van der Waals surface area contributed by atoms with Crippen LogP contribution in [-0.2, 0) is 0 Å². The van der Waals surface area contributed by atoms with Gasteiger partial charge < -0.3 is 15.3 Å². The van der Waals surface area contributed by atoms with Crippen LogP contribution >= 0.6 is 0 Å². The van der Waals surface area contributed by atoms with Gasteiger partial charge >= 0.3 is 0 Å². The van der Waals surface area contributed by atoms with Crippen molar-refractivity contribution in [3.05, 3.63) is 0 Å². The third kappa shape index (κ3) is 4.96. The quantitative estimate of drug-likeness (QED) is 0.738. The van der Waals surface area contributed by atoms with Gasteiger partial charge in [0, 0.05) is 12.1 Å². The van der Waals surface area contributed by atoms with Crippen LogP contribution in [0.5, 0.6) is 0 Å². The van der Waals surface area contributed by atoms with E-state index in [1.807, 2.05) is 13.8 Å². The van der Waals surface area contributed by atoms with E-state index in [-0.39, 0.29) is 0 Å². The standard InChI is InChI=1S/C12H26N2O/c1-10-9-11(5-8-14(10)4)13-7-6-12(2,3)15/h10-11,13,15H,5-9H2,1-4H3. The molecule has 90 valence electrons. The molecule has 3 heteroatoms. The van der Waals surface area contributed by atoms with Crippen LogP contribution in [0.1, 0.15) is 40.0 Å². The van der Waals surface area contributed by atoms with Gasteiger partial charge in [0.15, 0.2) is 0 Å². The largest absolute Gasteiger partial charge is 0.390 e. The van der Waals surface area contributed by atoms with Gasteiger partial charge in [-0.25, -0.2) is 0 Å². The highest BCUT2D eigenvalue weighted by molar-refractivity contribution is 4.81. The van der Waals surface area contributed by atoms with Crippen molar-refractivity contribution in [2.24, 2.45) is 0 Å². The molecule has 0 aromatic rings. The van der Waals surface area contributed by atoms with Crippen LogP contribution in [0.3, 0.4) is 0 Å². The summed E-state index contributed by atoms with van der Waals surface area (Å²) in [6, 6.07) is 1.32. The van der Waals surface area contributed by atoms with Gasteiger partial charge in [-0.15, -0.1) is 0 Å². The zero-order valence-electron chi connectivity index (χ0n) is 10.6. The van der Waals surface area contributed by atoms with Crippen LogP contribution < -0.4 is 5.32 Å². The Balaban J connectivity index is 2.17.